The highest BCUT2D eigenvalue weighted by Crippen LogP contribution is 2.34. The van der Waals surface area contributed by atoms with E-state index in [1.807, 2.05) is 0 Å². The van der Waals surface area contributed by atoms with Gasteiger partial charge in [0, 0.05) is 35.1 Å². The third-order valence-electron chi connectivity index (χ3n) is 2.66. The third kappa shape index (κ3) is 4.70. The fraction of sp³-hybridized carbons (Fsp3) is 0.0714. The van der Waals surface area contributed by atoms with E-state index in [4.69, 9.17) is 23.1 Å². The van der Waals surface area contributed by atoms with Crippen molar-refractivity contribution in [2.75, 3.05) is 16.8 Å². The molecule has 7 heteroatoms. The first-order valence-electron chi connectivity index (χ1n) is 5.70. The van der Waals surface area contributed by atoms with Gasteiger partial charge in [-0.25, -0.2) is 0 Å². The maximum Gasteiger partial charge on any atom is 0.221 e. The van der Waals surface area contributed by atoms with E-state index in [0.29, 0.717) is 22.1 Å². The Bertz CT molecular complexity index is 647. The van der Waals surface area contributed by atoms with Gasteiger partial charge in [0.25, 0.3) is 0 Å². The summed E-state index contributed by atoms with van der Waals surface area (Å²) in [4.78, 5) is 11.0. The Hall–Kier alpha value is -1.62. The minimum atomic E-state index is -0.146. The van der Waals surface area contributed by atoms with Gasteiger partial charge in [-0.2, -0.15) is 0 Å². The zero-order valence-electron chi connectivity index (χ0n) is 11.2. The summed E-state index contributed by atoms with van der Waals surface area (Å²) in [5.74, 6) is -0.146. The smallest absolute Gasteiger partial charge is 0.221 e. The van der Waals surface area contributed by atoms with Crippen LogP contribution in [0, 0.1) is 0 Å². The van der Waals surface area contributed by atoms with Crippen LogP contribution in [0.3, 0.4) is 0 Å². The molecule has 2 aromatic rings. The van der Waals surface area contributed by atoms with E-state index in [2.05, 4.69) is 5.32 Å². The fourth-order valence-electron chi connectivity index (χ4n) is 1.82. The standard InChI is InChI=1S/C14H14ClN3O.2ClH/c1-8(19)18-10-3-4-11(13(15)7-10)12-6-9(16)2-5-14(12)17;;/h2-7H,16-17H2,1H3,(H,18,19);2*1H. The number of nitrogen functional groups attached to an aromatic ring is 2. The van der Waals surface area contributed by atoms with Gasteiger partial charge in [0.2, 0.25) is 5.91 Å². The molecule has 4 nitrogen and oxygen atoms in total. The monoisotopic (exact) mass is 347 g/mol. The molecule has 0 aliphatic rings. The topological polar surface area (TPSA) is 81.1 Å². The van der Waals surface area contributed by atoms with E-state index in [9.17, 15) is 4.79 Å². The van der Waals surface area contributed by atoms with Crippen molar-refractivity contribution in [3.63, 3.8) is 0 Å². The second-order valence-corrected chi connectivity index (χ2v) is 4.63. The lowest BCUT2D eigenvalue weighted by Crippen LogP contribution is -2.05. The highest BCUT2D eigenvalue weighted by Gasteiger charge is 2.09. The molecule has 0 unspecified atom stereocenters. The van der Waals surface area contributed by atoms with Crippen LogP contribution < -0.4 is 16.8 Å². The van der Waals surface area contributed by atoms with E-state index in [1.54, 1.807) is 36.4 Å². The number of anilines is 3. The van der Waals surface area contributed by atoms with Crippen molar-refractivity contribution in [1.29, 1.82) is 0 Å². The molecule has 1 amide bonds. The maximum atomic E-state index is 11.0. The van der Waals surface area contributed by atoms with Crippen molar-refractivity contribution in [2.45, 2.75) is 6.92 Å². The Morgan fingerprint density at radius 2 is 1.71 bits per heavy atom. The Morgan fingerprint density at radius 3 is 2.29 bits per heavy atom. The SMILES string of the molecule is CC(=O)Nc1ccc(-c2cc(N)ccc2N)c(Cl)c1.Cl.Cl. The molecule has 0 aromatic heterocycles. The van der Waals surface area contributed by atoms with Gasteiger partial charge >= 0.3 is 0 Å². The quantitative estimate of drug-likeness (QED) is 0.718. The Morgan fingerprint density at radius 1 is 1.05 bits per heavy atom. The van der Waals surface area contributed by atoms with Crippen LogP contribution in [0.5, 0.6) is 0 Å². The molecule has 21 heavy (non-hydrogen) atoms. The summed E-state index contributed by atoms with van der Waals surface area (Å²) < 4.78 is 0. The molecule has 0 heterocycles. The van der Waals surface area contributed by atoms with E-state index >= 15 is 0 Å². The normalized spacial score (nSPS) is 9.24. The van der Waals surface area contributed by atoms with Crippen molar-refractivity contribution >= 4 is 59.4 Å². The predicted molar refractivity (Wildman–Crippen MR) is 94.5 cm³/mol. The van der Waals surface area contributed by atoms with Gasteiger partial charge in [0.15, 0.2) is 0 Å². The molecule has 0 aliphatic heterocycles. The van der Waals surface area contributed by atoms with Gasteiger partial charge < -0.3 is 16.8 Å². The third-order valence-corrected chi connectivity index (χ3v) is 2.97. The molecular weight excluding hydrogens is 333 g/mol. The van der Waals surface area contributed by atoms with Crippen molar-refractivity contribution < 1.29 is 4.79 Å². The Kier molecular flexibility index (Phi) is 7.36. The first kappa shape index (κ1) is 19.4. The number of carbonyl (C=O) groups excluding carboxylic acids is 1. The lowest BCUT2D eigenvalue weighted by atomic mass is 10.0. The molecule has 0 atom stereocenters. The van der Waals surface area contributed by atoms with Crippen LogP contribution in [0.25, 0.3) is 11.1 Å². The van der Waals surface area contributed by atoms with Gasteiger partial charge in [0.1, 0.15) is 0 Å². The summed E-state index contributed by atoms with van der Waals surface area (Å²) in [6.45, 7) is 1.44. The number of hydrogen-bond donors (Lipinski definition) is 3. The molecule has 0 saturated carbocycles. The molecular formula is C14H16Cl3N3O. The molecule has 2 aromatic carbocycles. The number of nitrogens with two attached hydrogens (primary N) is 2. The molecule has 0 aliphatic carbocycles. The molecule has 114 valence electrons. The van der Waals surface area contributed by atoms with Gasteiger partial charge in [0.05, 0.1) is 5.02 Å². The van der Waals surface area contributed by atoms with Gasteiger partial charge in [-0.15, -0.1) is 24.8 Å². The van der Waals surface area contributed by atoms with E-state index in [1.165, 1.54) is 6.92 Å². The molecule has 5 N–H and O–H groups in total. The summed E-state index contributed by atoms with van der Waals surface area (Å²) in [7, 11) is 0. The zero-order chi connectivity index (χ0) is 14.0. The van der Waals surface area contributed by atoms with Crippen molar-refractivity contribution in [2.24, 2.45) is 0 Å². The molecule has 0 saturated heterocycles. The van der Waals surface area contributed by atoms with E-state index in [-0.39, 0.29) is 30.7 Å². The first-order chi connectivity index (χ1) is 8.97. The minimum Gasteiger partial charge on any atom is -0.399 e. The van der Waals surface area contributed by atoms with Crippen LogP contribution in [0.15, 0.2) is 36.4 Å². The second kappa shape index (κ2) is 7.98. The molecule has 2 rings (SSSR count). The summed E-state index contributed by atoms with van der Waals surface area (Å²) in [5.41, 5.74) is 15.1. The summed E-state index contributed by atoms with van der Waals surface area (Å²) >= 11 is 6.22. The summed E-state index contributed by atoms with van der Waals surface area (Å²) in [5, 5.41) is 3.17. The summed E-state index contributed by atoms with van der Waals surface area (Å²) in [6.07, 6.45) is 0. The number of halogens is 3. The highest BCUT2D eigenvalue weighted by atomic mass is 35.5. The van der Waals surface area contributed by atoms with E-state index < -0.39 is 0 Å². The van der Waals surface area contributed by atoms with Crippen molar-refractivity contribution in [1.82, 2.24) is 0 Å². The first-order valence-corrected chi connectivity index (χ1v) is 6.07. The average Bonchev–Trinajstić information content (AvgIpc) is 2.32. The number of amides is 1. The molecule has 0 fully saturated rings. The fourth-order valence-corrected chi connectivity index (χ4v) is 2.10. The predicted octanol–water partition coefficient (Wildman–Crippen LogP) is 3.97. The minimum absolute atomic E-state index is 0. The van der Waals surface area contributed by atoms with Crippen LogP contribution in [0.2, 0.25) is 5.02 Å². The number of nitrogens with one attached hydrogen (secondary N) is 1. The zero-order valence-corrected chi connectivity index (χ0v) is 13.6. The largest absolute Gasteiger partial charge is 0.399 e. The Labute approximate surface area is 140 Å². The maximum absolute atomic E-state index is 11.0. The van der Waals surface area contributed by atoms with Gasteiger partial charge in [-0.1, -0.05) is 17.7 Å². The van der Waals surface area contributed by atoms with Crippen LogP contribution in [0.1, 0.15) is 6.92 Å². The van der Waals surface area contributed by atoms with Crippen LogP contribution in [-0.4, -0.2) is 5.91 Å². The lowest BCUT2D eigenvalue weighted by molar-refractivity contribution is -0.114. The molecule has 0 radical (unpaired) electrons. The number of hydrogen-bond acceptors (Lipinski definition) is 3. The molecule has 0 spiro atoms. The van der Waals surface area contributed by atoms with Crippen molar-refractivity contribution in [3.8, 4) is 11.1 Å². The van der Waals surface area contributed by atoms with E-state index in [0.717, 1.165) is 11.1 Å². The average molecular weight is 349 g/mol. The van der Waals surface area contributed by atoms with Crippen molar-refractivity contribution in [3.05, 3.63) is 41.4 Å². The van der Waals surface area contributed by atoms with Gasteiger partial charge in [-0.3, -0.25) is 4.79 Å². The number of carbonyl (C=O) groups is 1. The second-order valence-electron chi connectivity index (χ2n) is 4.22. The lowest BCUT2D eigenvalue weighted by Gasteiger charge is -2.11. The van der Waals surface area contributed by atoms with Crippen LogP contribution >= 0.6 is 36.4 Å². The van der Waals surface area contributed by atoms with Gasteiger partial charge in [-0.05, 0) is 30.3 Å². The number of rotatable bonds is 2. The number of benzene rings is 2. The highest BCUT2D eigenvalue weighted by molar-refractivity contribution is 6.33. The summed E-state index contributed by atoms with van der Waals surface area (Å²) in [6, 6.07) is 10.5. The molecule has 0 bridgehead atoms. The Balaban J connectivity index is 0.00000200. The van der Waals surface area contributed by atoms with Crippen LogP contribution in [-0.2, 0) is 4.79 Å². The van der Waals surface area contributed by atoms with Crippen LogP contribution in [0.4, 0.5) is 17.1 Å².